The molecule has 0 saturated heterocycles. The fraction of sp³-hybridized carbons (Fsp3) is 0.708. The molecule has 1 unspecified atom stereocenters. The number of aliphatic hydroxyl groups excluding tert-OH is 1. The molecule has 0 aliphatic heterocycles. The Morgan fingerprint density at radius 2 is 1.60 bits per heavy atom. The van der Waals surface area contributed by atoms with Crippen LogP contribution in [0.4, 0.5) is 0 Å². The molecule has 3 N–H and O–H groups in total. The number of nitrogens with one attached hydrogen (secondary N) is 1. The van der Waals surface area contributed by atoms with Crippen molar-refractivity contribution in [1.29, 1.82) is 0 Å². The van der Waals surface area contributed by atoms with Crippen LogP contribution in [-0.4, -0.2) is 40.5 Å². The molecule has 0 aromatic rings. The lowest BCUT2D eigenvalue weighted by Crippen LogP contribution is -2.42. The van der Waals surface area contributed by atoms with Crippen molar-refractivity contribution in [2.24, 2.45) is 0 Å². The number of carboxylic acids is 1. The van der Waals surface area contributed by atoms with Crippen molar-refractivity contribution in [2.75, 3.05) is 6.61 Å². The van der Waals surface area contributed by atoms with E-state index in [0.29, 0.717) is 6.42 Å². The molecule has 0 saturated carbocycles. The predicted octanol–water partition coefficient (Wildman–Crippen LogP) is 4.71. The maximum absolute atomic E-state index is 11.8. The van der Waals surface area contributed by atoms with Crippen LogP contribution in [0.2, 0.25) is 0 Å². The van der Waals surface area contributed by atoms with Crippen molar-refractivity contribution >= 4 is 17.7 Å². The number of carboxylic acid groups (broad SMARTS) is 1. The summed E-state index contributed by atoms with van der Waals surface area (Å²) in [5.74, 6) is -2.23. The van der Waals surface area contributed by atoms with Gasteiger partial charge in [-0.15, -0.1) is 0 Å². The third-order valence-corrected chi connectivity index (χ3v) is 4.92. The predicted molar refractivity (Wildman–Crippen MR) is 120 cm³/mol. The van der Waals surface area contributed by atoms with Crippen LogP contribution in [0.15, 0.2) is 23.8 Å². The first kappa shape index (κ1) is 28.1. The summed E-state index contributed by atoms with van der Waals surface area (Å²) in [6, 6.07) is -1.27. The third kappa shape index (κ3) is 17.0. The Hall–Kier alpha value is -1.95. The first-order chi connectivity index (χ1) is 14.4. The number of unbranched alkanes of at least 4 members (excludes halogenated alkanes) is 8. The highest BCUT2D eigenvalue weighted by atomic mass is 16.4. The molecule has 0 heterocycles. The minimum absolute atomic E-state index is 0.251. The lowest BCUT2D eigenvalue weighted by Gasteiger charge is -2.13. The smallest absolute Gasteiger partial charge is 0.326 e. The number of allylic oxidation sites excluding steroid dienone is 4. The molecule has 0 radical (unpaired) electrons. The summed E-state index contributed by atoms with van der Waals surface area (Å²) in [4.78, 5) is 34.1. The molecule has 0 fully saturated rings. The molecular weight excluding hydrogens is 382 g/mol. The van der Waals surface area contributed by atoms with E-state index in [1.54, 1.807) is 0 Å². The van der Waals surface area contributed by atoms with Crippen LogP contribution < -0.4 is 5.32 Å². The van der Waals surface area contributed by atoms with E-state index < -0.39 is 24.4 Å². The van der Waals surface area contributed by atoms with Crippen molar-refractivity contribution < 1.29 is 24.6 Å². The highest BCUT2D eigenvalue weighted by Gasteiger charge is 2.22. The fourth-order valence-electron chi connectivity index (χ4n) is 3.05. The Morgan fingerprint density at radius 3 is 2.27 bits per heavy atom. The number of carbonyl (C=O) groups is 3. The van der Waals surface area contributed by atoms with Gasteiger partial charge in [-0.2, -0.15) is 0 Å². The number of ketones is 1. The number of aliphatic hydroxyl groups is 1. The van der Waals surface area contributed by atoms with Crippen LogP contribution in [0.1, 0.15) is 97.3 Å². The van der Waals surface area contributed by atoms with E-state index in [4.69, 9.17) is 10.2 Å². The van der Waals surface area contributed by atoms with E-state index in [9.17, 15) is 14.4 Å². The molecule has 30 heavy (non-hydrogen) atoms. The maximum atomic E-state index is 11.8. The summed E-state index contributed by atoms with van der Waals surface area (Å²) in [7, 11) is 0. The van der Waals surface area contributed by atoms with E-state index in [-0.39, 0.29) is 18.7 Å². The van der Waals surface area contributed by atoms with Gasteiger partial charge in [-0.25, -0.2) is 4.79 Å². The molecule has 172 valence electrons. The van der Waals surface area contributed by atoms with Crippen LogP contribution in [-0.2, 0) is 14.4 Å². The monoisotopic (exact) mass is 423 g/mol. The summed E-state index contributed by atoms with van der Waals surface area (Å²) in [6.07, 6.45) is 18.8. The molecule has 0 aliphatic carbocycles. The number of hydrogen-bond acceptors (Lipinski definition) is 4. The van der Waals surface area contributed by atoms with E-state index in [1.807, 2.05) is 0 Å². The number of amides is 1. The molecule has 0 aromatic heterocycles. The first-order valence-corrected chi connectivity index (χ1v) is 11.4. The second-order valence-corrected chi connectivity index (χ2v) is 7.89. The normalized spacial score (nSPS) is 12.8. The average molecular weight is 424 g/mol. The van der Waals surface area contributed by atoms with Crippen molar-refractivity contribution in [3.8, 4) is 0 Å². The highest BCUT2D eigenvalue weighted by Crippen LogP contribution is 2.11. The topological polar surface area (TPSA) is 104 Å². The van der Waals surface area contributed by atoms with Gasteiger partial charge in [0.2, 0.25) is 5.91 Å². The molecule has 0 spiro atoms. The molecule has 6 nitrogen and oxygen atoms in total. The van der Waals surface area contributed by atoms with Gasteiger partial charge in [0, 0.05) is 12.8 Å². The molecule has 1 amide bonds. The lowest BCUT2D eigenvalue weighted by molar-refractivity contribution is -0.143. The molecule has 0 bridgehead atoms. The molecule has 0 rings (SSSR count). The summed E-state index contributed by atoms with van der Waals surface area (Å²) >= 11 is 0. The van der Waals surface area contributed by atoms with Gasteiger partial charge >= 0.3 is 5.97 Å². The van der Waals surface area contributed by atoms with Gasteiger partial charge in [-0.1, -0.05) is 62.8 Å². The van der Waals surface area contributed by atoms with E-state index in [1.165, 1.54) is 31.3 Å². The zero-order chi connectivity index (χ0) is 22.6. The van der Waals surface area contributed by atoms with Gasteiger partial charge in [-0.3, -0.25) is 9.59 Å². The third-order valence-electron chi connectivity index (χ3n) is 4.92. The van der Waals surface area contributed by atoms with Crippen molar-refractivity contribution in [3.05, 3.63) is 23.8 Å². The average Bonchev–Trinajstić information content (AvgIpc) is 2.71. The molecular formula is C24H41NO5. The van der Waals surface area contributed by atoms with E-state index in [2.05, 4.69) is 37.4 Å². The summed E-state index contributed by atoms with van der Waals surface area (Å²) in [5, 5.41) is 20.1. The Kier molecular flexibility index (Phi) is 17.8. The van der Waals surface area contributed by atoms with E-state index >= 15 is 0 Å². The Balaban J connectivity index is 3.77. The zero-order valence-corrected chi connectivity index (χ0v) is 18.8. The van der Waals surface area contributed by atoms with Gasteiger partial charge in [-0.05, 0) is 45.4 Å². The second kappa shape index (κ2) is 19.0. The number of Topliss-reactive ketones (excluding diaryl/α,β-unsaturated/α-hetero) is 1. The van der Waals surface area contributed by atoms with Gasteiger partial charge < -0.3 is 15.5 Å². The van der Waals surface area contributed by atoms with Crippen molar-refractivity contribution in [3.63, 3.8) is 0 Å². The minimum Gasteiger partial charge on any atom is -0.480 e. The second-order valence-electron chi connectivity index (χ2n) is 7.89. The maximum Gasteiger partial charge on any atom is 0.326 e. The van der Waals surface area contributed by atoms with Gasteiger partial charge in [0.15, 0.2) is 5.78 Å². The first-order valence-electron chi connectivity index (χ1n) is 11.4. The van der Waals surface area contributed by atoms with Crippen LogP contribution >= 0.6 is 0 Å². The Morgan fingerprint density at radius 1 is 0.933 bits per heavy atom. The SMILES string of the molecule is CCCCC/C=C\C/C(C)=C\CCCCCCCC(=O)NC(CC(=O)CO)C(=O)O. The van der Waals surface area contributed by atoms with Crippen molar-refractivity contribution in [1.82, 2.24) is 5.32 Å². The summed E-state index contributed by atoms with van der Waals surface area (Å²) in [5.41, 5.74) is 1.41. The fourth-order valence-corrected chi connectivity index (χ4v) is 3.05. The molecule has 0 aromatic carbocycles. The standard InChI is InChI=1S/C24H41NO5/c1-3-4-5-6-9-12-15-20(2)16-13-10-7-8-11-14-17-23(28)25-22(24(29)30)18-21(27)19-26/h9,12,16,22,26H,3-8,10-11,13-15,17-19H2,1-2H3,(H,25,28)(H,29,30)/b12-9-,20-16-. The van der Waals surface area contributed by atoms with Crippen LogP contribution in [0.25, 0.3) is 0 Å². The lowest BCUT2D eigenvalue weighted by atomic mass is 10.1. The summed E-state index contributed by atoms with van der Waals surface area (Å²) < 4.78 is 0. The number of carbonyl (C=O) groups excluding carboxylic acids is 2. The van der Waals surface area contributed by atoms with Gasteiger partial charge in [0.1, 0.15) is 12.6 Å². The van der Waals surface area contributed by atoms with Crippen molar-refractivity contribution in [2.45, 2.75) is 103 Å². The Bertz CT molecular complexity index is 554. The molecule has 1 atom stereocenters. The number of hydrogen-bond donors (Lipinski definition) is 3. The number of rotatable bonds is 19. The van der Waals surface area contributed by atoms with Gasteiger partial charge in [0.05, 0.1) is 0 Å². The molecule has 6 heteroatoms. The number of aliphatic carboxylic acids is 1. The quantitative estimate of drug-likeness (QED) is 0.206. The van der Waals surface area contributed by atoms with Crippen LogP contribution in [0, 0.1) is 0 Å². The van der Waals surface area contributed by atoms with Gasteiger partial charge in [0.25, 0.3) is 0 Å². The Labute approximate surface area is 181 Å². The van der Waals surface area contributed by atoms with E-state index in [0.717, 1.165) is 38.5 Å². The minimum atomic E-state index is -1.27. The highest BCUT2D eigenvalue weighted by molar-refractivity contribution is 5.89. The van der Waals surface area contributed by atoms with Crippen LogP contribution in [0.5, 0.6) is 0 Å². The van der Waals surface area contributed by atoms with Crippen LogP contribution in [0.3, 0.4) is 0 Å². The summed E-state index contributed by atoms with van der Waals surface area (Å²) in [6.45, 7) is 3.67. The zero-order valence-electron chi connectivity index (χ0n) is 18.8. The molecule has 0 aliphatic rings. The largest absolute Gasteiger partial charge is 0.480 e.